The van der Waals surface area contributed by atoms with Crippen molar-refractivity contribution in [1.29, 1.82) is 0 Å². The van der Waals surface area contributed by atoms with E-state index in [0.717, 1.165) is 0 Å². The summed E-state index contributed by atoms with van der Waals surface area (Å²) in [6.45, 7) is 0. The van der Waals surface area contributed by atoms with Gasteiger partial charge in [0.05, 0.1) is 5.69 Å². The molecule has 0 aliphatic rings. The van der Waals surface area contributed by atoms with Crippen molar-refractivity contribution >= 4 is 11.8 Å². The lowest BCUT2D eigenvalue weighted by molar-refractivity contribution is 0.0692. The van der Waals surface area contributed by atoms with Crippen LogP contribution in [0, 0.1) is 5.82 Å². The maximum Gasteiger partial charge on any atom is 0.358 e. The van der Waals surface area contributed by atoms with Gasteiger partial charge in [-0.25, -0.2) is 14.2 Å². The number of halogens is 1. The first-order chi connectivity index (χ1) is 7.61. The van der Waals surface area contributed by atoms with E-state index in [-0.39, 0.29) is 17.2 Å². The van der Waals surface area contributed by atoms with E-state index in [4.69, 9.17) is 10.8 Å². The molecule has 2 aromatic rings. The molecule has 1 aromatic carbocycles. The van der Waals surface area contributed by atoms with E-state index in [2.05, 4.69) is 4.98 Å². The number of benzene rings is 1. The van der Waals surface area contributed by atoms with Crippen LogP contribution < -0.4 is 5.73 Å². The number of carboxylic acid groups (broad SMARTS) is 1. The van der Waals surface area contributed by atoms with Gasteiger partial charge in [0.1, 0.15) is 18.0 Å². The maximum atomic E-state index is 13.4. The fraction of sp³-hybridized carbons (Fsp3) is 0. The van der Waals surface area contributed by atoms with Gasteiger partial charge in [-0.05, 0) is 12.1 Å². The number of carbonyl (C=O) groups is 1. The summed E-state index contributed by atoms with van der Waals surface area (Å²) >= 11 is 0. The van der Waals surface area contributed by atoms with Gasteiger partial charge in [0, 0.05) is 0 Å². The summed E-state index contributed by atoms with van der Waals surface area (Å²) in [5, 5.41) is 8.75. The highest BCUT2D eigenvalue weighted by Crippen LogP contribution is 2.19. The molecule has 0 spiro atoms. The van der Waals surface area contributed by atoms with Crippen LogP contribution in [0.3, 0.4) is 0 Å². The molecule has 16 heavy (non-hydrogen) atoms. The van der Waals surface area contributed by atoms with Crippen LogP contribution in [0.15, 0.2) is 30.6 Å². The third-order valence-corrected chi connectivity index (χ3v) is 2.12. The highest BCUT2D eigenvalue weighted by molar-refractivity contribution is 5.90. The number of rotatable bonds is 2. The van der Waals surface area contributed by atoms with Crippen molar-refractivity contribution in [3.63, 3.8) is 0 Å². The topological polar surface area (TPSA) is 81.1 Å². The van der Waals surface area contributed by atoms with E-state index < -0.39 is 11.8 Å². The summed E-state index contributed by atoms with van der Waals surface area (Å²) in [5.74, 6) is -1.84. The van der Waals surface area contributed by atoms with Gasteiger partial charge in [0.2, 0.25) is 0 Å². The van der Waals surface area contributed by atoms with E-state index in [0.29, 0.717) is 0 Å². The van der Waals surface area contributed by atoms with Crippen LogP contribution in [0.5, 0.6) is 0 Å². The molecular formula is C10H8FN3O2. The van der Waals surface area contributed by atoms with Crippen molar-refractivity contribution in [2.45, 2.75) is 0 Å². The van der Waals surface area contributed by atoms with Crippen LogP contribution in [0.1, 0.15) is 10.5 Å². The molecule has 0 saturated heterocycles. The van der Waals surface area contributed by atoms with Crippen LogP contribution in [-0.4, -0.2) is 20.6 Å². The number of aromatic carboxylic acids is 1. The Morgan fingerprint density at radius 3 is 2.69 bits per heavy atom. The molecule has 2 rings (SSSR count). The van der Waals surface area contributed by atoms with Gasteiger partial charge in [0.15, 0.2) is 5.69 Å². The van der Waals surface area contributed by atoms with E-state index in [9.17, 15) is 9.18 Å². The Labute approximate surface area is 90.0 Å². The second-order valence-electron chi connectivity index (χ2n) is 3.10. The van der Waals surface area contributed by atoms with Gasteiger partial charge in [0.25, 0.3) is 0 Å². The van der Waals surface area contributed by atoms with Gasteiger partial charge in [-0.15, -0.1) is 0 Å². The number of hydrogen-bond donors (Lipinski definition) is 2. The molecule has 0 atom stereocenters. The molecule has 0 saturated carbocycles. The number of nitrogens with two attached hydrogens (primary N) is 1. The summed E-state index contributed by atoms with van der Waals surface area (Å²) in [5.41, 5.74) is 5.44. The van der Waals surface area contributed by atoms with E-state index in [1.54, 1.807) is 6.07 Å². The average Bonchev–Trinajstić information content (AvgIpc) is 2.61. The van der Waals surface area contributed by atoms with Crippen LogP contribution >= 0.6 is 0 Å². The standard InChI is InChI=1S/C10H8FN3O2/c11-6-3-1-2-4-7(6)14-5-13-8(9(14)12)10(15)16/h1-5H,12H2,(H,15,16). The van der Waals surface area contributed by atoms with Crippen LogP contribution in [-0.2, 0) is 0 Å². The molecule has 82 valence electrons. The lowest BCUT2D eigenvalue weighted by Crippen LogP contribution is -2.06. The lowest BCUT2D eigenvalue weighted by Gasteiger charge is -2.05. The summed E-state index contributed by atoms with van der Waals surface area (Å²) in [6, 6.07) is 5.90. The Balaban J connectivity index is 2.58. The predicted octanol–water partition coefficient (Wildman–Crippen LogP) is 1.29. The third kappa shape index (κ3) is 1.50. The second kappa shape index (κ2) is 3.65. The normalized spacial score (nSPS) is 10.3. The molecule has 0 aliphatic heterocycles. The van der Waals surface area contributed by atoms with Crippen LogP contribution in [0.4, 0.5) is 10.2 Å². The molecular weight excluding hydrogens is 213 g/mol. The van der Waals surface area contributed by atoms with Crippen LogP contribution in [0.25, 0.3) is 5.69 Å². The fourth-order valence-corrected chi connectivity index (χ4v) is 1.36. The minimum Gasteiger partial charge on any atom is -0.476 e. The number of aromatic nitrogens is 2. The average molecular weight is 221 g/mol. The largest absolute Gasteiger partial charge is 0.476 e. The zero-order chi connectivity index (χ0) is 11.7. The Morgan fingerprint density at radius 2 is 2.12 bits per heavy atom. The molecule has 0 bridgehead atoms. The zero-order valence-corrected chi connectivity index (χ0v) is 8.09. The first-order valence-corrected chi connectivity index (χ1v) is 4.42. The second-order valence-corrected chi connectivity index (χ2v) is 3.10. The molecule has 0 aliphatic carbocycles. The van der Waals surface area contributed by atoms with Gasteiger partial charge in [-0.2, -0.15) is 0 Å². The quantitative estimate of drug-likeness (QED) is 0.800. The number of nitrogen functional groups attached to an aromatic ring is 1. The van der Waals surface area contributed by atoms with Gasteiger partial charge >= 0.3 is 5.97 Å². The van der Waals surface area contributed by atoms with E-state index in [1.807, 2.05) is 0 Å². The van der Waals surface area contributed by atoms with Gasteiger partial charge in [-0.1, -0.05) is 12.1 Å². The van der Waals surface area contributed by atoms with Crippen LogP contribution in [0.2, 0.25) is 0 Å². The molecule has 0 radical (unpaired) electrons. The maximum absolute atomic E-state index is 13.4. The Morgan fingerprint density at radius 1 is 1.44 bits per heavy atom. The smallest absolute Gasteiger partial charge is 0.358 e. The fourth-order valence-electron chi connectivity index (χ4n) is 1.36. The minimum absolute atomic E-state index is 0.0994. The number of hydrogen-bond acceptors (Lipinski definition) is 3. The first kappa shape index (κ1) is 10.2. The van der Waals surface area contributed by atoms with E-state index in [1.165, 1.54) is 29.1 Å². The lowest BCUT2D eigenvalue weighted by atomic mass is 10.3. The molecule has 0 fully saturated rings. The highest BCUT2D eigenvalue weighted by Gasteiger charge is 2.16. The Bertz CT molecular complexity index is 551. The van der Waals surface area contributed by atoms with Crippen molar-refractivity contribution in [3.05, 3.63) is 42.1 Å². The van der Waals surface area contributed by atoms with Crippen molar-refractivity contribution in [3.8, 4) is 5.69 Å². The van der Waals surface area contributed by atoms with Crippen molar-refractivity contribution in [2.24, 2.45) is 0 Å². The number of carboxylic acids is 1. The monoisotopic (exact) mass is 221 g/mol. The number of para-hydroxylation sites is 1. The highest BCUT2D eigenvalue weighted by atomic mass is 19.1. The Hall–Kier alpha value is -2.37. The third-order valence-electron chi connectivity index (χ3n) is 2.12. The first-order valence-electron chi connectivity index (χ1n) is 4.42. The molecule has 0 amide bonds. The minimum atomic E-state index is -1.24. The summed E-state index contributed by atoms with van der Waals surface area (Å²) in [4.78, 5) is 14.3. The molecule has 5 nitrogen and oxygen atoms in total. The SMILES string of the molecule is Nc1c(C(=O)O)ncn1-c1ccccc1F. The summed E-state index contributed by atoms with van der Waals surface area (Å²) in [7, 11) is 0. The van der Waals surface area contributed by atoms with Crippen molar-refractivity contribution in [2.75, 3.05) is 5.73 Å². The van der Waals surface area contributed by atoms with Gasteiger partial charge in [-0.3, -0.25) is 4.57 Å². The van der Waals surface area contributed by atoms with Gasteiger partial charge < -0.3 is 10.8 Å². The zero-order valence-electron chi connectivity index (χ0n) is 8.09. The molecule has 1 heterocycles. The summed E-state index contributed by atoms with van der Waals surface area (Å²) < 4.78 is 14.6. The Kier molecular flexibility index (Phi) is 2.32. The predicted molar refractivity (Wildman–Crippen MR) is 54.9 cm³/mol. The number of anilines is 1. The molecule has 3 N–H and O–H groups in total. The molecule has 1 aromatic heterocycles. The van der Waals surface area contributed by atoms with Crippen molar-refractivity contribution < 1.29 is 14.3 Å². The summed E-state index contributed by atoms with van der Waals surface area (Å²) in [6.07, 6.45) is 1.18. The van der Waals surface area contributed by atoms with E-state index >= 15 is 0 Å². The molecule has 6 heteroatoms. The van der Waals surface area contributed by atoms with Crippen molar-refractivity contribution in [1.82, 2.24) is 9.55 Å². The number of imidazole rings is 1. The molecule has 0 unspecified atom stereocenters. The number of nitrogens with zero attached hydrogens (tertiary/aromatic N) is 2.